The Labute approximate surface area is 121 Å². The molecule has 0 bridgehead atoms. The number of benzene rings is 1. The van der Waals surface area contributed by atoms with E-state index in [0.29, 0.717) is 29.8 Å². The third-order valence-corrected chi connectivity index (χ3v) is 4.11. The maximum Gasteiger partial charge on any atom is 0.270 e. The average molecular weight is 288 g/mol. The minimum atomic E-state index is -0.724. The number of non-ortho nitro benzene ring substituents is 1. The number of hydrogen-bond acceptors (Lipinski definition) is 6. The van der Waals surface area contributed by atoms with Crippen molar-refractivity contribution in [3.05, 3.63) is 34.6 Å². The maximum atomic E-state index is 10.9. The van der Waals surface area contributed by atoms with E-state index in [4.69, 9.17) is 0 Å². The fourth-order valence-electron chi connectivity index (χ4n) is 2.53. The van der Waals surface area contributed by atoms with Crippen LogP contribution in [0.25, 0.3) is 10.9 Å². The van der Waals surface area contributed by atoms with Gasteiger partial charge in [-0.1, -0.05) is 13.8 Å². The number of aromatic nitrogens is 2. The Balaban J connectivity index is 2.00. The van der Waals surface area contributed by atoms with Crippen LogP contribution in [0.4, 0.5) is 11.5 Å². The van der Waals surface area contributed by atoms with E-state index >= 15 is 0 Å². The van der Waals surface area contributed by atoms with Crippen molar-refractivity contribution in [1.82, 2.24) is 9.97 Å². The molecular weight excluding hydrogens is 272 g/mol. The molecule has 2 heterocycles. The number of rotatable bonds is 3. The molecule has 1 fully saturated rings. The zero-order valence-electron chi connectivity index (χ0n) is 11.9. The molecule has 1 aromatic heterocycles. The first kappa shape index (κ1) is 13.7. The van der Waals surface area contributed by atoms with Gasteiger partial charge in [-0.2, -0.15) is 0 Å². The lowest BCUT2D eigenvalue weighted by molar-refractivity contribution is -0.384. The molecule has 7 nitrogen and oxygen atoms in total. The largest absolute Gasteiger partial charge is 0.386 e. The molecular formula is C14H16N4O3. The van der Waals surface area contributed by atoms with Gasteiger partial charge < -0.3 is 10.0 Å². The summed E-state index contributed by atoms with van der Waals surface area (Å²) in [5.41, 5.74) is -0.0541. The molecule has 0 unspecified atom stereocenters. The first-order chi connectivity index (χ1) is 9.90. The van der Waals surface area contributed by atoms with E-state index in [1.165, 1.54) is 18.5 Å². The van der Waals surface area contributed by atoms with Crippen molar-refractivity contribution in [3.8, 4) is 0 Å². The summed E-state index contributed by atoms with van der Waals surface area (Å²) in [6.45, 7) is 4.89. The fraction of sp³-hybridized carbons (Fsp3) is 0.429. The second kappa shape index (κ2) is 4.63. The van der Waals surface area contributed by atoms with Gasteiger partial charge in [-0.3, -0.25) is 10.1 Å². The lowest BCUT2D eigenvalue weighted by atomic mass is 9.83. The molecule has 1 saturated heterocycles. The number of hydrogen-bond donors (Lipinski definition) is 1. The predicted molar refractivity (Wildman–Crippen MR) is 78.2 cm³/mol. The normalized spacial score (nSPS) is 17.0. The Morgan fingerprint density at radius 3 is 2.71 bits per heavy atom. The first-order valence-electron chi connectivity index (χ1n) is 6.77. The summed E-state index contributed by atoms with van der Waals surface area (Å²) < 4.78 is 0. The predicted octanol–water partition coefficient (Wildman–Crippen LogP) is 1.75. The van der Waals surface area contributed by atoms with Gasteiger partial charge in [0.05, 0.1) is 23.5 Å². The highest BCUT2D eigenvalue weighted by Crippen LogP contribution is 2.35. The van der Waals surface area contributed by atoms with Gasteiger partial charge in [-0.25, -0.2) is 9.97 Å². The standard InChI is InChI=1S/C14H16N4O3/c1-9(2)14(19)6-17(7-14)13-11-5-10(18(20)21)3-4-12(11)15-8-16-13/h3-5,8-9,19H,6-7H2,1-2H3. The van der Waals surface area contributed by atoms with Crippen LogP contribution in [-0.4, -0.2) is 38.7 Å². The van der Waals surface area contributed by atoms with E-state index in [2.05, 4.69) is 9.97 Å². The number of nitro benzene ring substituents is 1. The zero-order chi connectivity index (χ0) is 15.2. The van der Waals surface area contributed by atoms with E-state index in [-0.39, 0.29) is 11.6 Å². The van der Waals surface area contributed by atoms with Crippen LogP contribution in [0.15, 0.2) is 24.5 Å². The van der Waals surface area contributed by atoms with Crippen LogP contribution < -0.4 is 4.90 Å². The van der Waals surface area contributed by atoms with Gasteiger partial charge in [0.2, 0.25) is 0 Å². The minimum Gasteiger partial charge on any atom is -0.386 e. The number of β-amino-alcohol motifs (C(OH)–C–C–N with tert-alkyl or cyclic N) is 1. The molecule has 0 spiro atoms. The van der Waals surface area contributed by atoms with Crippen LogP contribution in [0.1, 0.15) is 13.8 Å². The van der Waals surface area contributed by atoms with Crippen LogP contribution in [0.3, 0.4) is 0 Å². The van der Waals surface area contributed by atoms with Crippen molar-refractivity contribution in [2.75, 3.05) is 18.0 Å². The summed E-state index contributed by atoms with van der Waals surface area (Å²) in [5, 5.41) is 21.9. The average Bonchev–Trinajstić information content (AvgIpc) is 2.42. The number of fused-ring (bicyclic) bond motifs is 1. The highest BCUT2D eigenvalue weighted by atomic mass is 16.6. The Bertz CT molecular complexity index is 710. The van der Waals surface area contributed by atoms with Crippen LogP contribution in [-0.2, 0) is 0 Å². The highest BCUT2D eigenvalue weighted by Gasteiger charge is 2.44. The Kier molecular flexibility index (Phi) is 3.02. The van der Waals surface area contributed by atoms with Crippen LogP contribution in [0, 0.1) is 16.0 Å². The van der Waals surface area contributed by atoms with Gasteiger partial charge in [0.25, 0.3) is 5.69 Å². The van der Waals surface area contributed by atoms with E-state index in [1.807, 2.05) is 18.7 Å². The van der Waals surface area contributed by atoms with Crippen molar-refractivity contribution in [1.29, 1.82) is 0 Å². The van der Waals surface area contributed by atoms with Gasteiger partial charge in [-0.15, -0.1) is 0 Å². The van der Waals surface area contributed by atoms with Crippen molar-refractivity contribution in [2.45, 2.75) is 19.4 Å². The van der Waals surface area contributed by atoms with Gasteiger partial charge in [0, 0.05) is 17.5 Å². The topological polar surface area (TPSA) is 92.4 Å². The molecule has 0 amide bonds. The summed E-state index contributed by atoms with van der Waals surface area (Å²) >= 11 is 0. The zero-order valence-corrected chi connectivity index (χ0v) is 11.9. The molecule has 3 rings (SSSR count). The van der Waals surface area contributed by atoms with E-state index < -0.39 is 10.5 Å². The molecule has 110 valence electrons. The second-order valence-electron chi connectivity index (χ2n) is 5.77. The molecule has 2 aromatic rings. The SMILES string of the molecule is CC(C)C1(O)CN(c2ncnc3ccc([N+](=O)[O-])cc23)C1. The molecule has 0 atom stereocenters. The lowest BCUT2D eigenvalue weighted by Gasteiger charge is -2.49. The quantitative estimate of drug-likeness (QED) is 0.683. The molecule has 7 heteroatoms. The monoisotopic (exact) mass is 288 g/mol. The van der Waals surface area contributed by atoms with E-state index in [0.717, 1.165) is 0 Å². The maximum absolute atomic E-state index is 10.9. The second-order valence-corrected chi connectivity index (χ2v) is 5.77. The van der Waals surface area contributed by atoms with E-state index in [1.54, 1.807) is 6.07 Å². The molecule has 1 aliphatic heterocycles. The third kappa shape index (κ3) is 2.19. The summed E-state index contributed by atoms with van der Waals surface area (Å²) in [7, 11) is 0. The number of anilines is 1. The molecule has 21 heavy (non-hydrogen) atoms. The molecule has 1 aliphatic rings. The van der Waals surface area contributed by atoms with E-state index in [9.17, 15) is 15.2 Å². The third-order valence-electron chi connectivity index (χ3n) is 4.11. The van der Waals surface area contributed by atoms with Crippen molar-refractivity contribution >= 4 is 22.4 Å². The van der Waals surface area contributed by atoms with Crippen LogP contribution in [0.2, 0.25) is 0 Å². The van der Waals surface area contributed by atoms with Gasteiger partial charge in [-0.05, 0) is 12.0 Å². The number of nitrogens with zero attached hydrogens (tertiary/aromatic N) is 4. The molecule has 1 N–H and O–H groups in total. The van der Waals surface area contributed by atoms with Crippen molar-refractivity contribution in [2.24, 2.45) is 5.92 Å². The Morgan fingerprint density at radius 1 is 1.38 bits per heavy atom. The fourth-order valence-corrected chi connectivity index (χ4v) is 2.53. The summed E-state index contributed by atoms with van der Waals surface area (Å²) in [4.78, 5) is 20.8. The van der Waals surface area contributed by atoms with Gasteiger partial charge in [0.15, 0.2) is 0 Å². The first-order valence-corrected chi connectivity index (χ1v) is 6.77. The summed E-state index contributed by atoms with van der Waals surface area (Å²) in [6, 6.07) is 4.53. The number of aliphatic hydroxyl groups is 1. The summed E-state index contributed by atoms with van der Waals surface area (Å²) in [6.07, 6.45) is 1.44. The highest BCUT2D eigenvalue weighted by molar-refractivity contribution is 5.91. The van der Waals surface area contributed by atoms with Crippen molar-refractivity contribution in [3.63, 3.8) is 0 Å². The Hall–Kier alpha value is -2.28. The Morgan fingerprint density at radius 2 is 2.10 bits per heavy atom. The van der Waals surface area contributed by atoms with Crippen LogP contribution in [0.5, 0.6) is 0 Å². The minimum absolute atomic E-state index is 0.0122. The van der Waals surface area contributed by atoms with Gasteiger partial charge >= 0.3 is 0 Å². The molecule has 1 aromatic carbocycles. The molecule has 0 saturated carbocycles. The van der Waals surface area contributed by atoms with Gasteiger partial charge in [0.1, 0.15) is 17.7 Å². The molecule has 0 aliphatic carbocycles. The smallest absolute Gasteiger partial charge is 0.270 e. The van der Waals surface area contributed by atoms with Crippen LogP contribution >= 0.6 is 0 Å². The lowest BCUT2D eigenvalue weighted by Crippen LogP contribution is -2.65. The number of nitro groups is 1. The molecule has 0 radical (unpaired) electrons. The summed E-state index contributed by atoms with van der Waals surface area (Å²) in [5.74, 6) is 0.783. The van der Waals surface area contributed by atoms with Crippen molar-refractivity contribution < 1.29 is 10.0 Å².